The van der Waals surface area contributed by atoms with E-state index in [4.69, 9.17) is 9.97 Å². The molecule has 1 unspecified atom stereocenters. The third kappa shape index (κ3) is 4.57. The number of nitrogens with one attached hydrogen (secondary N) is 1. The number of piperazine rings is 1. The first-order valence-electron chi connectivity index (χ1n) is 11.3. The van der Waals surface area contributed by atoms with Crippen LogP contribution in [-0.2, 0) is 13.0 Å². The molecule has 0 saturated carbocycles. The van der Waals surface area contributed by atoms with Crippen molar-refractivity contribution in [1.82, 2.24) is 25.1 Å². The number of hydrogen-bond acceptors (Lipinski definition) is 6. The molecule has 6 heteroatoms. The van der Waals surface area contributed by atoms with Crippen molar-refractivity contribution in [3.8, 4) is 0 Å². The number of aryl methyl sites for hydroxylation is 1. The maximum absolute atomic E-state index is 4.94. The molecule has 5 nitrogen and oxygen atoms in total. The van der Waals surface area contributed by atoms with Crippen LogP contribution in [0.5, 0.6) is 0 Å². The SMILES string of the molecule is c1cnc2c(c1)CCCC2N(CCCN1CCNCC1)Cc1nc2ccccc2s1. The average molecular weight is 422 g/mol. The third-order valence-corrected chi connectivity index (χ3v) is 7.43. The molecule has 0 spiro atoms. The first-order chi connectivity index (χ1) is 14.9. The van der Waals surface area contributed by atoms with E-state index in [2.05, 4.69) is 51.5 Å². The fourth-order valence-corrected chi connectivity index (χ4v) is 5.87. The molecule has 0 radical (unpaired) electrons. The Bertz CT molecular complexity index is 932. The summed E-state index contributed by atoms with van der Waals surface area (Å²) in [6.45, 7) is 7.78. The molecule has 1 saturated heterocycles. The molecule has 1 aliphatic carbocycles. The largest absolute Gasteiger partial charge is 0.314 e. The molecule has 2 aliphatic rings. The van der Waals surface area contributed by atoms with E-state index < -0.39 is 0 Å². The first-order valence-corrected chi connectivity index (χ1v) is 12.1. The van der Waals surface area contributed by atoms with Gasteiger partial charge >= 0.3 is 0 Å². The van der Waals surface area contributed by atoms with Crippen LogP contribution in [0.3, 0.4) is 0 Å². The zero-order valence-electron chi connectivity index (χ0n) is 17.6. The summed E-state index contributed by atoms with van der Waals surface area (Å²) >= 11 is 1.84. The lowest BCUT2D eigenvalue weighted by molar-refractivity contribution is 0.149. The van der Waals surface area contributed by atoms with Crippen LogP contribution in [-0.4, -0.2) is 59.0 Å². The Morgan fingerprint density at radius 2 is 2.03 bits per heavy atom. The van der Waals surface area contributed by atoms with Crippen molar-refractivity contribution in [2.75, 3.05) is 39.3 Å². The van der Waals surface area contributed by atoms with Crippen molar-refractivity contribution in [2.24, 2.45) is 0 Å². The van der Waals surface area contributed by atoms with Gasteiger partial charge in [0.2, 0.25) is 0 Å². The van der Waals surface area contributed by atoms with E-state index in [1.807, 2.05) is 17.5 Å². The number of fused-ring (bicyclic) bond motifs is 2. The zero-order valence-corrected chi connectivity index (χ0v) is 18.4. The summed E-state index contributed by atoms with van der Waals surface area (Å²) < 4.78 is 1.29. The number of thiazole rings is 1. The lowest BCUT2D eigenvalue weighted by atomic mass is 9.90. The Balaban J connectivity index is 1.34. The van der Waals surface area contributed by atoms with Crippen molar-refractivity contribution in [3.63, 3.8) is 0 Å². The van der Waals surface area contributed by atoms with Crippen LogP contribution in [0.15, 0.2) is 42.6 Å². The van der Waals surface area contributed by atoms with Crippen LogP contribution in [0.1, 0.15) is 41.6 Å². The monoisotopic (exact) mass is 421 g/mol. The molecular weight excluding hydrogens is 390 g/mol. The minimum atomic E-state index is 0.407. The lowest BCUT2D eigenvalue weighted by Crippen LogP contribution is -2.44. The van der Waals surface area contributed by atoms with Crippen LogP contribution in [0.4, 0.5) is 0 Å². The predicted molar refractivity (Wildman–Crippen MR) is 124 cm³/mol. The van der Waals surface area contributed by atoms with Crippen molar-refractivity contribution < 1.29 is 0 Å². The molecule has 1 aromatic carbocycles. The summed E-state index contributed by atoms with van der Waals surface area (Å²) in [6.07, 6.45) is 6.77. The molecule has 0 bridgehead atoms. The number of pyridine rings is 1. The quantitative estimate of drug-likeness (QED) is 0.627. The zero-order chi connectivity index (χ0) is 20.2. The highest BCUT2D eigenvalue weighted by molar-refractivity contribution is 7.18. The smallest absolute Gasteiger partial charge is 0.108 e. The standard InChI is InChI=1S/C24H31N5S/c1-2-10-22-20(8-1)27-23(30-22)18-29(15-5-14-28-16-12-25-13-17-28)21-9-3-6-19-7-4-11-26-24(19)21/h1-2,4,7-8,10-11,21,25H,3,5-6,9,12-18H2. The molecule has 158 valence electrons. The van der Waals surface area contributed by atoms with Gasteiger partial charge in [0.05, 0.1) is 28.5 Å². The molecule has 5 rings (SSSR count). The highest BCUT2D eigenvalue weighted by Gasteiger charge is 2.28. The van der Waals surface area contributed by atoms with Crippen molar-refractivity contribution in [1.29, 1.82) is 0 Å². The van der Waals surface area contributed by atoms with Gasteiger partial charge in [0.15, 0.2) is 0 Å². The fraction of sp³-hybridized carbons (Fsp3) is 0.500. The number of nitrogens with zero attached hydrogens (tertiary/aromatic N) is 4. The third-order valence-electron chi connectivity index (χ3n) is 6.41. The van der Waals surface area contributed by atoms with Crippen molar-refractivity contribution >= 4 is 21.6 Å². The van der Waals surface area contributed by atoms with E-state index in [9.17, 15) is 0 Å². The number of aromatic nitrogens is 2. The summed E-state index contributed by atoms with van der Waals surface area (Å²) in [7, 11) is 0. The second-order valence-corrected chi connectivity index (χ2v) is 9.56. The molecular formula is C24H31N5S. The molecule has 1 aliphatic heterocycles. The number of para-hydroxylation sites is 1. The molecule has 3 aromatic rings. The summed E-state index contributed by atoms with van der Waals surface area (Å²) in [5, 5.41) is 4.68. The van der Waals surface area contributed by atoms with Gasteiger partial charge in [-0.3, -0.25) is 9.88 Å². The minimum absolute atomic E-state index is 0.407. The van der Waals surface area contributed by atoms with E-state index in [1.54, 1.807) is 0 Å². The van der Waals surface area contributed by atoms with Crippen LogP contribution in [0.2, 0.25) is 0 Å². The van der Waals surface area contributed by atoms with Gasteiger partial charge in [0.1, 0.15) is 5.01 Å². The Labute approximate surface area is 183 Å². The average Bonchev–Trinajstić information content (AvgIpc) is 3.21. The molecule has 1 atom stereocenters. The van der Waals surface area contributed by atoms with Crippen LogP contribution in [0.25, 0.3) is 10.2 Å². The first kappa shape index (κ1) is 20.1. The summed E-state index contributed by atoms with van der Waals surface area (Å²) in [5.74, 6) is 0. The number of hydrogen-bond donors (Lipinski definition) is 1. The minimum Gasteiger partial charge on any atom is -0.314 e. The number of benzene rings is 1. The van der Waals surface area contributed by atoms with E-state index in [0.29, 0.717) is 6.04 Å². The van der Waals surface area contributed by atoms with Gasteiger partial charge in [-0.2, -0.15) is 0 Å². The van der Waals surface area contributed by atoms with Gasteiger partial charge in [-0.25, -0.2) is 4.98 Å². The van der Waals surface area contributed by atoms with E-state index in [0.717, 1.165) is 38.1 Å². The van der Waals surface area contributed by atoms with Crippen molar-refractivity contribution in [3.05, 3.63) is 58.9 Å². The van der Waals surface area contributed by atoms with Crippen LogP contribution in [0, 0.1) is 0 Å². The van der Waals surface area contributed by atoms with Gasteiger partial charge in [0.25, 0.3) is 0 Å². The molecule has 3 heterocycles. The van der Waals surface area contributed by atoms with Crippen LogP contribution >= 0.6 is 11.3 Å². The lowest BCUT2D eigenvalue weighted by Gasteiger charge is -2.35. The highest BCUT2D eigenvalue weighted by atomic mass is 32.1. The number of rotatable bonds is 7. The summed E-state index contributed by atoms with van der Waals surface area (Å²) in [4.78, 5) is 15.0. The maximum atomic E-state index is 4.94. The van der Waals surface area contributed by atoms with E-state index in [-0.39, 0.29) is 0 Å². The van der Waals surface area contributed by atoms with Gasteiger partial charge in [-0.05, 0) is 56.0 Å². The van der Waals surface area contributed by atoms with Crippen LogP contribution < -0.4 is 5.32 Å². The van der Waals surface area contributed by atoms with Gasteiger partial charge in [-0.15, -0.1) is 11.3 Å². The predicted octanol–water partition coefficient (Wildman–Crippen LogP) is 3.87. The maximum Gasteiger partial charge on any atom is 0.108 e. The summed E-state index contributed by atoms with van der Waals surface area (Å²) in [6, 6.07) is 13.3. The summed E-state index contributed by atoms with van der Waals surface area (Å²) in [5.41, 5.74) is 3.86. The van der Waals surface area contributed by atoms with Crippen molar-refractivity contribution in [2.45, 2.75) is 38.3 Å². The van der Waals surface area contributed by atoms with Gasteiger partial charge in [-0.1, -0.05) is 18.2 Å². The Hall–Kier alpha value is -1.86. The van der Waals surface area contributed by atoms with Gasteiger partial charge < -0.3 is 10.2 Å². The topological polar surface area (TPSA) is 44.3 Å². The normalized spacial score (nSPS) is 20.0. The molecule has 1 N–H and O–H groups in total. The van der Waals surface area contributed by atoms with E-state index >= 15 is 0 Å². The fourth-order valence-electron chi connectivity index (χ4n) is 4.88. The Morgan fingerprint density at radius 3 is 2.93 bits per heavy atom. The highest BCUT2D eigenvalue weighted by Crippen LogP contribution is 2.34. The Morgan fingerprint density at radius 1 is 1.13 bits per heavy atom. The second-order valence-electron chi connectivity index (χ2n) is 8.45. The molecule has 2 aromatic heterocycles. The van der Waals surface area contributed by atoms with E-state index in [1.165, 1.54) is 59.9 Å². The molecule has 1 fully saturated rings. The second kappa shape index (κ2) is 9.52. The van der Waals surface area contributed by atoms with Gasteiger partial charge in [0, 0.05) is 38.9 Å². The molecule has 0 amide bonds. The molecule has 30 heavy (non-hydrogen) atoms. The Kier molecular flexibility index (Phi) is 6.37.